The Bertz CT molecular complexity index is 704. The molecule has 3 rings (SSSR count). The second-order valence-corrected chi connectivity index (χ2v) is 5.46. The summed E-state index contributed by atoms with van der Waals surface area (Å²) in [6.45, 7) is 0. The summed E-state index contributed by atoms with van der Waals surface area (Å²) in [4.78, 5) is 40.7. The zero-order valence-electron chi connectivity index (χ0n) is 9.83. The zero-order chi connectivity index (χ0) is 14.3. The molecule has 20 heavy (non-hydrogen) atoms. The first-order valence-electron chi connectivity index (χ1n) is 5.52. The van der Waals surface area contributed by atoms with Gasteiger partial charge in [0.2, 0.25) is 0 Å². The van der Waals surface area contributed by atoms with Crippen molar-refractivity contribution in [3.8, 4) is 0 Å². The van der Waals surface area contributed by atoms with Crippen molar-refractivity contribution in [2.75, 3.05) is 0 Å². The Morgan fingerprint density at radius 2 is 1.70 bits per heavy atom. The molecule has 0 unspecified atom stereocenters. The molecule has 0 fully saturated rings. The number of halogens is 1. The Balaban J connectivity index is 1.87. The van der Waals surface area contributed by atoms with Crippen molar-refractivity contribution < 1.29 is 19.2 Å². The first-order chi connectivity index (χ1) is 9.59. The minimum Gasteiger partial charge on any atom is -0.324 e. The van der Waals surface area contributed by atoms with Gasteiger partial charge in [-0.05, 0) is 23.6 Å². The van der Waals surface area contributed by atoms with Gasteiger partial charge in [0.15, 0.2) is 0 Å². The van der Waals surface area contributed by atoms with Crippen LogP contribution in [0.15, 0.2) is 35.7 Å². The van der Waals surface area contributed by atoms with Gasteiger partial charge in [-0.1, -0.05) is 28.8 Å². The first-order valence-corrected chi connectivity index (χ1v) is 6.78. The minimum absolute atomic E-state index is 0.119. The third-order valence-corrected chi connectivity index (χ3v) is 3.94. The van der Waals surface area contributed by atoms with Crippen LogP contribution in [0.4, 0.5) is 0 Å². The van der Waals surface area contributed by atoms with Crippen LogP contribution in [-0.4, -0.2) is 22.8 Å². The fourth-order valence-electron chi connectivity index (χ4n) is 1.82. The highest BCUT2D eigenvalue weighted by Crippen LogP contribution is 2.26. The number of imide groups is 1. The van der Waals surface area contributed by atoms with E-state index in [1.807, 2.05) is 0 Å². The number of hydrogen-bond donors (Lipinski definition) is 0. The van der Waals surface area contributed by atoms with Crippen molar-refractivity contribution in [3.63, 3.8) is 0 Å². The maximum Gasteiger partial charge on any atom is 0.366 e. The van der Waals surface area contributed by atoms with E-state index in [2.05, 4.69) is 0 Å². The zero-order valence-corrected chi connectivity index (χ0v) is 11.4. The molecule has 1 aliphatic heterocycles. The van der Waals surface area contributed by atoms with Crippen LogP contribution in [0.3, 0.4) is 0 Å². The quantitative estimate of drug-likeness (QED) is 0.800. The predicted molar refractivity (Wildman–Crippen MR) is 71.7 cm³/mol. The highest BCUT2D eigenvalue weighted by Gasteiger charge is 2.39. The number of amides is 2. The normalized spacial score (nSPS) is 13.6. The smallest absolute Gasteiger partial charge is 0.324 e. The average molecular weight is 308 g/mol. The molecule has 0 saturated heterocycles. The molecule has 1 aromatic heterocycles. The molecule has 2 heterocycles. The summed E-state index contributed by atoms with van der Waals surface area (Å²) in [7, 11) is 0. The number of hydroxylamine groups is 2. The van der Waals surface area contributed by atoms with Gasteiger partial charge in [0.25, 0.3) is 11.8 Å². The number of carbonyl (C=O) groups excluding carboxylic acids is 3. The Kier molecular flexibility index (Phi) is 3.04. The molecule has 0 radical (unpaired) electrons. The Morgan fingerprint density at radius 3 is 2.20 bits per heavy atom. The molecular weight excluding hydrogens is 302 g/mol. The molecule has 0 atom stereocenters. The number of rotatable bonds is 2. The van der Waals surface area contributed by atoms with Gasteiger partial charge < -0.3 is 4.84 Å². The van der Waals surface area contributed by atoms with E-state index < -0.39 is 17.8 Å². The van der Waals surface area contributed by atoms with Crippen LogP contribution in [0.1, 0.15) is 31.1 Å². The van der Waals surface area contributed by atoms with E-state index in [-0.39, 0.29) is 21.0 Å². The van der Waals surface area contributed by atoms with Gasteiger partial charge in [-0.25, -0.2) is 4.79 Å². The summed E-state index contributed by atoms with van der Waals surface area (Å²) in [5, 5.41) is 2.07. The van der Waals surface area contributed by atoms with Gasteiger partial charge in [0.1, 0.15) is 4.34 Å². The summed E-state index contributed by atoms with van der Waals surface area (Å²) in [6.07, 6.45) is 0. The third-order valence-electron chi connectivity index (χ3n) is 2.77. The van der Waals surface area contributed by atoms with Crippen molar-refractivity contribution in [1.82, 2.24) is 5.06 Å². The van der Waals surface area contributed by atoms with Crippen LogP contribution >= 0.6 is 22.9 Å². The van der Waals surface area contributed by atoms with Gasteiger partial charge in [-0.15, -0.1) is 11.3 Å². The van der Waals surface area contributed by atoms with Crippen LogP contribution in [0.2, 0.25) is 4.34 Å². The van der Waals surface area contributed by atoms with E-state index in [0.29, 0.717) is 5.06 Å². The summed E-state index contributed by atoms with van der Waals surface area (Å²) >= 11 is 6.97. The van der Waals surface area contributed by atoms with Crippen LogP contribution in [0, 0.1) is 0 Å². The minimum atomic E-state index is -0.842. The van der Waals surface area contributed by atoms with E-state index in [1.165, 1.54) is 18.2 Å². The molecule has 100 valence electrons. The van der Waals surface area contributed by atoms with Crippen molar-refractivity contribution >= 4 is 40.7 Å². The van der Waals surface area contributed by atoms with Crippen molar-refractivity contribution in [2.45, 2.75) is 0 Å². The molecule has 5 nitrogen and oxygen atoms in total. The Labute approximate surface area is 122 Å². The molecule has 0 aliphatic carbocycles. The van der Waals surface area contributed by atoms with E-state index in [4.69, 9.17) is 16.4 Å². The number of fused-ring (bicyclic) bond motifs is 1. The van der Waals surface area contributed by atoms with E-state index in [1.54, 1.807) is 17.5 Å². The number of carbonyl (C=O) groups is 3. The molecule has 2 aromatic rings. The molecule has 2 amide bonds. The Hall–Kier alpha value is -2.18. The van der Waals surface area contributed by atoms with Crippen molar-refractivity contribution in [3.05, 3.63) is 56.7 Å². The topological polar surface area (TPSA) is 63.7 Å². The Morgan fingerprint density at radius 1 is 1.10 bits per heavy atom. The molecule has 1 aromatic carbocycles. The predicted octanol–water partition coefficient (Wildman–Crippen LogP) is 2.77. The lowest BCUT2D eigenvalue weighted by atomic mass is 10.1. The molecule has 0 bridgehead atoms. The summed E-state index contributed by atoms with van der Waals surface area (Å²) in [6, 6.07) is 7.73. The third kappa shape index (κ3) is 1.90. The number of thiophene rings is 1. The van der Waals surface area contributed by atoms with Crippen molar-refractivity contribution in [2.24, 2.45) is 0 Å². The molecule has 1 aliphatic rings. The van der Waals surface area contributed by atoms with Crippen molar-refractivity contribution in [1.29, 1.82) is 0 Å². The molecule has 0 saturated carbocycles. The van der Waals surface area contributed by atoms with Crippen LogP contribution in [-0.2, 0) is 4.84 Å². The maximum absolute atomic E-state index is 12.0. The van der Waals surface area contributed by atoms with Gasteiger partial charge >= 0.3 is 5.97 Å². The number of hydrogen-bond acceptors (Lipinski definition) is 5. The summed E-state index contributed by atoms with van der Waals surface area (Å²) < 4.78 is 0.242. The maximum atomic E-state index is 12.0. The van der Waals surface area contributed by atoms with E-state index in [9.17, 15) is 14.4 Å². The second kappa shape index (κ2) is 4.73. The lowest BCUT2D eigenvalue weighted by molar-refractivity contribution is -0.0584. The molecule has 7 heteroatoms. The van der Waals surface area contributed by atoms with E-state index in [0.717, 1.165) is 11.3 Å². The number of nitrogens with zero attached hydrogens (tertiary/aromatic N) is 1. The van der Waals surface area contributed by atoms with Gasteiger partial charge in [-0.3, -0.25) is 9.59 Å². The highest BCUT2D eigenvalue weighted by atomic mass is 35.5. The lowest BCUT2D eigenvalue weighted by Gasteiger charge is -2.12. The standard InChI is InChI=1S/C13H6ClNO4S/c14-10-9(5-6-20-10)13(18)19-15-11(16)7-3-1-2-4-8(7)12(15)17/h1-6H. The summed E-state index contributed by atoms with van der Waals surface area (Å²) in [5.41, 5.74) is 0.539. The fraction of sp³-hybridized carbons (Fsp3) is 0. The largest absolute Gasteiger partial charge is 0.366 e. The summed E-state index contributed by atoms with van der Waals surface area (Å²) in [5.74, 6) is -2.17. The van der Waals surface area contributed by atoms with Crippen LogP contribution < -0.4 is 0 Å². The molecule has 0 spiro atoms. The highest BCUT2D eigenvalue weighted by molar-refractivity contribution is 7.14. The SMILES string of the molecule is O=C(ON1C(=O)c2ccccc2C1=O)c1ccsc1Cl. The number of benzene rings is 1. The van der Waals surface area contributed by atoms with E-state index >= 15 is 0 Å². The van der Waals surface area contributed by atoms with Crippen LogP contribution in [0.5, 0.6) is 0 Å². The molecule has 0 N–H and O–H groups in total. The van der Waals surface area contributed by atoms with Crippen LogP contribution in [0.25, 0.3) is 0 Å². The van der Waals surface area contributed by atoms with Gasteiger partial charge in [0.05, 0.1) is 16.7 Å². The monoisotopic (exact) mass is 307 g/mol. The average Bonchev–Trinajstić information content (AvgIpc) is 2.97. The van der Waals surface area contributed by atoms with Gasteiger partial charge in [0, 0.05) is 0 Å². The molecular formula is C13H6ClNO4S. The fourth-order valence-corrected chi connectivity index (χ4v) is 2.72. The van der Waals surface area contributed by atoms with Gasteiger partial charge in [-0.2, -0.15) is 0 Å². The second-order valence-electron chi connectivity index (χ2n) is 3.94. The lowest BCUT2D eigenvalue weighted by Crippen LogP contribution is -2.32. The first kappa shape index (κ1) is 12.8.